The zero-order valence-corrected chi connectivity index (χ0v) is 11.8. The molecule has 0 aliphatic carbocycles. The molecule has 110 valence electrons. The van der Waals surface area contributed by atoms with Gasteiger partial charge in [0.25, 0.3) is 5.56 Å². The molecule has 2 heterocycles. The summed E-state index contributed by atoms with van der Waals surface area (Å²) in [6.07, 6.45) is 4.60. The first-order chi connectivity index (χ1) is 10.7. The molecule has 0 spiro atoms. The second kappa shape index (κ2) is 6.17. The standard InChI is InChI=1S/C16H14N4O2/c21-15(19-9-12-4-3-7-17-8-12)11-20-14-6-2-1-5-13(14)18-10-16(20)22/h1-8,10H,9,11H2,(H,19,21). The summed E-state index contributed by atoms with van der Waals surface area (Å²) in [5.41, 5.74) is 1.94. The van der Waals surface area contributed by atoms with Gasteiger partial charge in [-0.1, -0.05) is 18.2 Å². The summed E-state index contributed by atoms with van der Waals surface area (Å²) in [5.74, 6) is -0.234. The zero-order valence-electron chi connectivity index (χ0n) is 11.8. The Morgan fingerprint density at radius 3 is 2.82 bits per heavy atom. The summed E-state index contributed by atoms with van der Waals surface area (Å²) in [6.45, 7) is 0.340. The number of nitrogens with one attached hydrogen (secondary N) is 1. The van der Waals surface area contributed by atoms with Crippen LogP contribution in [0.2, 0.25) is 0 Å². The van der Waals surface area contributed by atoms with Crippen LogP contribution in [0.5, 0.6) is 0 Å². The molecule has 0 saturated carbocycles. The van der Waals surface area contributed by atoms with Gasteiger partial charge < -0.3 is 5.32 Å². The van der Waals surface area contributed by atoms with Crippen molar-refractivity contribution in [3.05, 3.63) is 70.9 Å². The molecule has 6 nitrogen and oxygen atoms in total. The molecular formula is C16H14N4O2. The van der Waals surface area contributed by atoms with E-state index in [2.05, 4.69) is 15.3 Å². The van der Waals surface area contributed by atoms with Crippen LogP contribution in [-0.4, -0.2) is 20.4 Å². The van der Waals surface area contributed by atoms with Crippen molar-refractivity contribution in [1.82, 2.24) is 19.9 Å². The number of hydrogen-bond donors (Lipinski definition) is 1. The molecule has 0 atom stereocenters. The molecule has 0 aliphatic heterocycles. The van der Waals surface area contributed by atoms with Crippen LogP contribution in [-0.2, 0) is 17.9 Å². The SMILES string of the molecule is O=C(Cn1c(=O)cnc2ccccc21)NCc1cccnc1. The smallest absolute Gasteiger partial charge is 0.269 e. The van der Waals surface area contributed by atoms with Crippen LogP contribution in [0.25, 0.3) is 11.0 Å². The molecule has 3 rings (SSSR count). The Morgan fingerprint density at radius 2 is 2.00 bits per heavy atom. The molecule has 0 fully saturated rings. The Hall–Kier alpha value is -3.02. The van der Waals surface area contributed by atoms with Crippen molar-refractivity contribution in [2.24, 2.45) is 0 Å². The van der Waals surface area contributed by atoms with Crippen LogP contribution < -0.4 is 10.9 Å². The first-order valence-corrected chi connectivity index (χ1v) is 6.84. The van der Waals surface area contributed by atoms with Crippen LogP contribution in [0, 0.1) is 0 Å². The third-order valence-electron chi connectivity index (χ3n) is 3.27. The number of fused-ring (bicyclic) bond motifs is 1. The number of pyridine rings is 1. The fourth-order valence-electron chi connectivity index (χ4n) is 2.18. The second-order valence-corrected chi connectivity index (χ2v) is 4.81. The lowest BCUT2D eigenvalue weighted by Crippen LogP contribution is -2.32. The van der Waals surface area contributed by atoms with Gasteiger partial charge in [-0.05, 0) is 23.8 Å². The number of amides is 1. The second-order valence-electron chi connectivity index (χ2n) is 4.81. The monoisotopic (exact) mass is 294 g/mol. The van der Waals surface area contributed by atoms with Crippen molar-refractivity contribution in [3.63, 3.8) is 0 Å². The number of nitrogens with zero attached hydrogens (tertiary/aromatic N) is 3. The Labute approximate surface area is 126 Å². The van der Waals surface area contributed by atoms with Gasteiger partial charge in [0.05, 0.1) is 17.2 Å². The number of rotatable bonds is 4. The largest absolute Gasteiger partial charge is 0.350 e. The van der Waals surface area contributed by atoms with Crippen molar-refractivity contribution in [2.45, 2.75) is 13.1 Å². The zero-order chi connectivity index (χ0) is 15.4. The highest BCUT2D eigenvalue weighted by molar-refractivity contribution is 5.79. The highest BCUT2D eigenvalue weighted by atomic mass is 16.2. The molecule has 1 aromatic carbocycles. The third-order valence-corrected chi connectivity index (χ3v) is 3.27. The number of benzene rings is 1. The van der Waals surface area contributed by atoms with Crippen molar-refractivity contribution in [1.29, 1.82) is 0 Å². The predicted octanol–water partition coefficient (Wildman–Crippen LogP) is 1.11. The van der Waals surface area contributed by atoms with Gasteiger partial charge in [0, 0.05) is 18.9 Å². The van der Waals surface area contributed by atoms with Crippen LogP contribution >= 0.6 is 0 Å². The van der Waals surface area contributed by atoms with E-state index in [1.165, 1.54) is 10.8 Å². The van der Waals surface area contributed by atoms with E-state index in [9.17, 15) is 9.59 Å². The van der Waals surface area contributed by atoms with Crippen molar-refractivity contribution < 1.29 is 4.79 Å². The van der Waals surface area contributed by atoms with E-state index < -0.39 is 0 Å². The van der Waals surface area contributed by atoms with Crippen LogP contribution in [0.15, 0.2) is 59.8 Å². The molecule has 1 amide bonds. The molecule has 0 radical (unpaired) electrons. The minimum absolute atomic E-state index is 0.0396. The Balaban J connectivity index is 1.77. The Bertz CT molecular complexity index is 859. The molecule has 6 heteroatoms. The average molecular weight is 294 g/mol. The van der Waals surface area contributed by atoms with E-state index in [-0.39, 0.29) is 18.0 Å². The van der Waals surface area contributed by atoms with Crippen molar-refractivity contribution in [3.8, 4) is 0 Å². The summed E-state index contributed by atoms with van der Waals surface area (Å²) in [6, 6.07) is 10.9. The van der Waals surface area contributed by atoms with Crippen molar-refractivity contribution in [2.75, 3.05) is 0 Å². The summed E-state index contributed by atoms with van der Waals surface area (Å²) in [4.78, 5) is 32.1. The molecule has 0 bridgehead atoms. The summed E-state index contributed by atoms with van der Waals surface area (Å²) >= 11 is 0. The molecule has 0 saturated heterocycles. The summed E-state index contributed by atoms with van der Waals surface area (Å²) < 4.78 is 1.42. The van der Waals surface area contributed by atoms with E-state index in [0.717, 1.165) is 5.56 Å². The minimum atomic E-state index is -0.296. The number of para-hydroxylation sites is 2. The lowest BCUT2D eigenvalue weighted by Gasteiger charge is -2.10. The highest BCUT2D eigenvalue weighted by Crippen LogP contribution is 2.07. The third kappa shape index (κ3) is 3.01. The predicted molar refractivity (Wildman–Crippen MR) is 82.1 cm³/mol. The maximum Gasteiger partial charge on any atom is 0.269 e. The molecule has 2 aromatic heterocycles. The summed E-state index contributed by atoms with van der Waals surface area (Å²) in [7, 11) is 0. The van der Waals surface area contributed by atoms with Gasteiger partial charge in [0.15, 0.2) is 0 Å². The molecule has 22 heavy (non-hydrogen) atoms. The van der Waals surface area contributed by atoms with Crippen molar-refractivity contribution >= 4 is 16.9 Å². The highest BCUT2D eigenvalue weighted by Gasteiger charge is 2.08. The lowest BCUT2D eigenvalue weighted by molar-refractivity contribution is -0.121. The number of carbonyl (C=O) groups is 1. The number of carbonyl (C=O) groups excluding carboxylic acids is 1. The normalized spacial score (nSPS) is 10.5. The fourth-order valence-corrected chi connectivity index (χ4v) is 2.18. The van der Waals surface area contributed by atoms with Gasteiger partial charge >= 0.3 is 0 Å². The number of hydrogen-bond acceptors (Lipinski definition) is 4. The van der Waals surface area contributed by atoms with Gasteiger partial charge in [-0.15, -0.1) is 0 Å². The van der Waals surface area contributed by atoms with Crippen LogP contribution in [0.1, 0.15) is 5.56 Å². The Morgan fingerprint density at radius 1 is 1.14 bits per heavy atom. The number of aromatic nitrogens is 3. The van der Waals surface area contributed by atoms with Gasteiger partial charge in [-0.25, -0.2) is 4.98 Å². The molecule has 3 aromatic rings. The molecule has 0 aliphatic rings. The maximum atomic E-state index is 12.1. The topological polar surface area (TPSA) is 76.9 Å². The van der Waals surface area contributed by atoms with Crippen LogP contribution in [0.4, 0.5) is 0 Å². The van der Waals surface area contributed by atoms with E-state index in [0.29, 0.717) is 17.6 Å². The molecular weight excluding hydrogens is 280 g/mol. The quantitative estimate of drug-likeness (QED) is 0.782. The lowest BCUT2D eigenvalue weighted by atomic mass is 10.3. The van der Waals surface area contributed by atoms with Gasteiger partial charge in [-0.2, -0.15) is 0 Å². The van der Waals surface area contributed by atoms with Crippen LogP contribution in [0.3, 0.4) is 0 Å². The van der Waals surface area contributed by atoms with Gasteiger partial charge in [0.1, 0.15) is 6.54 Å². The first-order valence-electron chi connectivity index (χ1n) is 6.84. The summed E-state index contributed by atoms with van der Waals surface area (Å²) in [5, 5.41) is 2.78. The fraction of sp³-hybridized carbons (Fsp3) is 0.125. The van der Waals surface area contributed by atoms with Gasteiger partial charge in [0.2, 0.25) is 5.91 Å². The molecule has 1 N–H and O–H groups in total. The molecule has 0 unspecified atom stereocenters. The van der Waals surface area contributed by atoms with E-state index in [4.69, 9.17) is 0 Å². The average Bonchev–Trinajstić information content (AvgIpc) is 2.56. The first kappa shape index (κ1) is 13.9. The van der Waals surface area contributed by atoms with E-state index in [1.807, 2.05) is 24.3 Å². The Kier molecular flexibility index (Phi) is 3.91. The minimum Gasteiger partial charge on any atom is -0.350 e. The van der Waals surface area contributed by atoms with Gasteiger partial charge in [-0.3, -0.25) is 19.1 Å². The maximum absolute atomic E-state index is 12.1. The van der Waals surface area contributed by atoms with E-state index >= 15 is 0 Å². The van der Waals surface area contributed by atoms with E-state index in [1.54, 1.807) is 24.5 Å².